The quantitative estimate of drug-likeness (QED) is 0.755. The molecule has 0 aliphatic carbocycles. The van der Waals surface area contributed by atoms with Crippen molar-refractivity contribution in [3.63, 3.8) is 0 Å². The lowest BCUT2D eigenvalue weighted by atomic mass is 9.91. The van der Waals surface area contributed by atoms with Gasteiger partial charge in [0.25, 0.3) is 11.5 Å². The fraction of sp³-hybridized carbons (Fsp3) is 0.143. The van der Waals surface area contributed by atoms with Gasteiger partial charge in [-0.1, -0.05) is 24.3 Å². The predicted octanol–water partition coefficient (Wildman–Crippen LogP) is 2.20. The zero-order chi connectivity index (χ0) is 19.7. The van der Waals surface area contributed by atoms with Crippen LogP contribution in [0.15, 0.2) is 65.8 Å². The van der Waals surface area contributed by atoms with E-state index in [1.807, 2.05) is 30.3 Å². The standard InChI is InChI=1S/C21H17N3O4/c25-18-7-6-16(12-23(18)13-19(26)27)24-10-8-14-3-1-5-17(20(14)21(24)28)15-4-2-9-22-11-15/h1-7,9,11-12H,8,10,13H2,(H,26,27). The first-order chi connectivity index (χ1) is 13.5. The lowest BCUT2D eigenvalue weighted by molar-refractivity contribution is -0.137. The predicted molar refractivity (Wildman–Crippen MR) is 103 cm³/mol. The third-order valence-corrected chi connectivity index (χ3v) is 4.77. The van der Waals surface area contributed by atoms with E-state index in [-0.39, 0.29) is 5.91 Å². The minimum Gasteiger partial charge on any atom is -0.480 e. The number of carbonyl (C=O) groups is 2. The summed E-state index contributed by atoms with van der Waals surface area (Å²) in [5.74, 6) is -1.30. The maximum Gasteiger partial charge on any atom is 0.323 e. The maximum atomic E-state index is 13.3. The van der Waals surface area contributed by atoms with Gasteiger partial charge in [0, 0.05) is 36.8 Å². The van der Waals surface area contributed by atoms with Gasteiger partial charge in [0.2, 0.25) is 0 Å². The topological polar surface area (TPSA) is 92.5 Å². The summed E-state index contributed by atoms with van der Waals surface area (Å²) < 4.78 is 1.09. The molecule has 7 nitrogen and oxygen atoms in total. The van der Waals surface area contributed by atoms with Crippen LogP contribution >= 0.6 is 0 Å². The van der Waals surface area contributed by atoms with Gasteiger partial charge in [0.05, 0.1) is 11.3 Å². The number of hydrogen-bond acceptors (Lipinski definition) is 4. The lowest BCUT2D eigenvalue weighted by Gasteiger charge is -2.30. The summed E-state index contributed by atoms with van der Waals surface area (Å²) >= 11 is 0. The number of aromatic nitrogens is 2. The highest BCUT2D eigenvalue weighted by Crippen LogP contribution is 2.31. The summed E-state index contributed by atoms with van der Waals surface area (Å²) in [5, 5.41) is 8.99. The molecule has 1 amide bonds. The first kappa shape index (κ1) is 17.7. The highest BCUT2D eigenvalue weighted by atomic mass is 16.4. The van der Waals surface area contributed by atoms with Gasteiger partial charge in [-0.2, -0.15) is 0 Å². The number of amides is 1. The van der Waals surface area contributed by atoms with Gasteiger partial charge >= 0.3 is 5.97 Å². The second-order valence-corrected chi connectivity index (χ2v) is 6.54. The Morgan fingerprint density at radius 3 is 2.71 bits per heavy atom. The first-order valence-electron chi connectivity index (χ1n) is 8.81. The first-order valence-corrected chi connectivity index (χ1v) is 8.81. The highest BCUT2D eigenvalue weighted by molar-refractivity contribution is 6.12. The van der Waals surface area contributed by atoms with Crippen LogP contribution in [0, 0.1) is 0 Å². The number of nitrogens with zero attached hydrogens (tertiary/aromatic N) is 3. The van der Waals surface area contributed by atoms with Crippen LogP contribution in [0.25, 0.3) is 11.1 Å². The number of pyridine rings is 2. The molecule has 3 aromatic rings. The number of fused-ring (bicyclic) bond motifs is 1. The summed E-state index contributed by atoms with van der Waals surface area (Å²) in [6.07, 6.45) is 5.48. The Kier molecular flexibility index (Phi) is 4.49. The molecule has 1 aliphatic rings. The molecule has 0 fully saturated rings. The van der Waals surface area contributed by atoms with Crippen molar-refractivity contribution in [3.8, 4) is 11.1 Å². The molecule has 0 saturated heterocycles. The molecule has 3 heterocycles. The summed E-state index contributed by atoms with van der Waals surface area (Å²) in [5.41, 5.74) is 3.30. The molecule has 0 atom stereocenters. The molecule has 0 spiro atoms. The van der Waals surface area contributed by atoms with E-state index in [0.29, 0.717) is 24.2 Å². The lowest BCUT2D eigenvalue weighted by Crippen LogP contribution is -2.39. The molecule has 7 heteroatoms. The summed E-state index contributed by atoms with van der Waals surface area (Å²) in [4.78, 5) is 41.9. The monoisotopic (exact) mass is 375 g/mol. The van der Waals surface area contributed by atoms with Gasteiger partial charge in [-0.15, -0.1) is 0 Å². The van der Waals surface area contributed by atoms with E-state index < -0.39 is 18.1 Å². The van der Waals surface area contributed by atoms with Gasteiger partial charge in [-0.25, -0.2) is 0 Å². The Morgan fingerprint density at radius 2 is 1.96 bits per heavy atom. The smallest absolute Gasteiger partial charge is 0.323 e. The maximum absolute atomic E-state index is 13.3. The van der Waals surface area contributed by atoms with E-state index in [2.05, 4.69) is 4.98 Å². The SMILES string of the molecule is O=C(O)Cn1cc(N2CCc3cccc(-c4cccnc4)c3C2=O)ccc1=O. The molecule has 1 N–H and O–H groups in total. The number of carboxylic acid groups (broad SMARTS) is 1. The number of rotatable bonds is 4. The van der Waals surface area contributed by atoms with E-state index in [9.17, 15) is 14.4 Å². The average Bonchev–Trinajstić information content (AvgIpc) is 2.70. The Morgan fingerprint density at radius 1 is 1.11 bits per heavy atom. The molecule has 140 valence electrons. The van der Waals surface area contributed by atoms with Gasteiger partial charge in [0.15, 0.2) is 0 Å². The molecule has 0 saturated carbocycles. The Bertz CT molecular complexity index is 1120. The van der Waals surface area contributed by atoms with E-state index >= 15 is 0 Å². The van der Waals surface area contributed by atoms with Gasteiger partial charge < -0.3 is 14.6 Å². The number of anilines is 1. The summed E-state index contributed by atoms with van der Waals surface area (Å²) in [7, 11) is 0. The summed E-state index contributed by atoms with van der Waals surface area (Å²) in [6, 6.07) is 12.3. The largest absolute Gasteiger partial charge is 0.480 e. The normalized spacial score (nSPS) is 13.3. The molecule has 4 rings (SSSR count). The zero-order valence-corrected chi connectivity index (χ0v) is 14.9. The Hall–Kier alpha value is -3.74. The molecular formula is C21H17N3O4. The number of benzene rings is 1. The average molecular weight is 375 g/mol. The Labute approximate surface area is 160 Å². The van der Waals surface area contributed by atoms with Crippen molar-refractivity contribution >= 4 is 17.6 Å². The molecule has 1 aromatic carbocycles. The van der Waals surface area contributed by atoms with Crippen LogP contribution in [0.1, 0.15) is 15.9 Å². The van der Waals surface area contributed by atoms with E-state index in [1.54, 1.807) is 23.4 Å². The van der Waals surface area contributed by atoms with Gasteiger partial charge in [-0.3, -0.25) is 19.4 Å². The molecule has 0 bridgehead atoms. The second-order valence-electron chi connectivity index (χ2n) is 6.54. The van der Waals surface area contributed by atoms with Crippen molar-refractivity contribution in [3.05, 3.63) is 82.5 Å². The van der Waals surface area contributed by atoms with Crippen LogP contribution in [0.2, 0.25) is 0 Å². The number of carboxylic acids is 1. The number of aliphatic carboxylic acids is 1. The summed E-state index contributed by atoms with van der Waals surface area (Å²) in [6.45, 7) is -0.000171. The molecule has 0 radical (unpaired) electrons. The molecular weight excluding hydrogens is 358 g/mol. The van der Waals surface area contributed by atoms with Crippen molar-refractivity contribution in [2.75, 3.05) is 11.4 Å². The molecule has 2 aromatic heterocycles. The van der Waals surface area contributed by atoms with Gasteiger partial charge in [-0.05, 0) is 29.7 Å². The van der Waals surface area contributed by atoms with Crippen molar-refractivity contribution in [2.45, 2.75) is 13.0 Å². The van der Waals surface area contributed by atoms with E-state index in [0.717, 1.165) is 21.3 Å². The van der Waals surface area contributed by atoms with Crippen LogP contribution in [0.3, 0.4) is 0 Å². The molecule has 0 unspecified atom stereocenters. The van der Waals surface area contributed by atoms with Crippen molar-refractivity contribution in [1.82, 2.24) is 9.55 Å². The third kappa shape index (κ3) is 3.18. The third-order valence-electron chi connectivity index (χ3n) is 4.77. The molecule has 1 aliphatic heterocycles. The molecule has 28 heavy (non-hydrogen) atoms. The van der Waals surface area contributed by atoms with Gasteiger partial charge in [0.1, 0.15) is 6.54 Å². The Balaban J connectivity index is 1.77. The van der Waals surface area contributed by atoms with Crippen LogP contribution in [0.4, 0.5) is 5.69 Å². The fourth-order valence-electron chi connectivity index (χ4n) is 3.49. The van der Waals surface area contributed by atoms with Crippen molar-refractivity contribution < 1.29 is 14.7 Å². The van der Waals surface area contributed by atoms with E-state index in [1.165, 1.54) is 12.3 Å². The minimum absolute atomic E-state index is 0.179. The second kappa shape index (κ2) is 7.11. The van der Waals surface area contributed by atoms with Crippen molar-refractivity contribution in [2.24, 2.45) is 0 Å². The highest BCUT2D eigenvalue weighted by Gasteiger charge is 2.28. The van der Waals surface area contributed by atoms with Crippen LogP contribution in [0.5, 0.6) is 0 Å². The number of carbonyl (C=O) groups excluding carboxylic acids is 1. The van der Waals surface area contributed by atoms with Crippen LogP contribution < -0.4 is 10.5 Å². The van der Waals surface area contributed by atoms with Crippen LogP contribution in [-0.2, 0) is 17.8 Å². The fourth-order valence-corrected chi connectivity index (χ4v) is 3.49. The number of hydrogen-bond donors (Lipinski definition) is 1. The van der Waals surface area contributed by atoms with Crippen LogP contribution in [-0.4, -0.2) is 33.1 Å². The van der Waals surface area contributed by atoms with E-state index in [4.69, 9.17) is 5.11 Å². The van der Waals surface area contributed by atoms with Crippen molar-refractivity contribution in [1.29, 1.82) is 0 Å². The minimum atomic E-state index is -1.12. The zero-order valence-electron chi connectivity index (χ0n) is 14.9.